The van der Waals surface area contributed by atoms with Crippen LogP contribution in [0.3, 0.4) is 0 Å². The van der Waals surface area contributed by atoms with E-state index in [4.69, 9.17) is 0 Å². The van der Waals surface area contributed by atoms with Gasteiger partial charge in [-0.3, -0.25) is 9.59 Å². The number of aliphatic imine (C=N–C) groups is 2. The van der Waals surface area contributed by atoms with E-state index >= 15 is 0 Å². The Morgan fingerprint density at radius 3 is 1.56 bits per heavy atom. The Morgan fingerprint density at radius 1 is 0.920 bits per heavy atom. The Kier molecular flexibility index (Phi) is 4.55. The molecule has 2 aliphatic carbocycles. The van der Waals surface area contributed by atoms with Gasteiger partial charge in [0.25, 0.3) is 0 Å². The molecule has 2 rings (SSSR count). The fourth-order valence-electron chi connectivity index (χ4n) is 5.41. The van der Waals surface area contributed by atoms with E-state index in [1.807, 2.05) is 0 Å². The highest BCUT2D eigenvalue weighted by molar-refractivity contribution is 5.91. The van der Waals surface area contributed by atoms with E-state index in [0.717, 1.165) is 0 Å². The zero-order valence-corrected chi connectivity index (χ0v) is 14.1. The van der Waals surface area contributed by atoms with Crippen molar-refractivity contribution in [2.45, 2.75) is 33.1 Å². The van der Waals surface area contributed by atoms with Gasteiger partial charge in [0, 0.05) is 10.8 Å². The lowest BCUT2D eigenvalue weighted by atomic mass is 9.48. The molecule has 1 fully saturated rings. The molecule has 2 N–H and O–H groups in total. The number of carboxylic acid groups (broad SMARTS) is 2. The van der Waals surface area contributed by atoms with Crippen LogP contribution in [0.5, 0.6) is 0 Å². The molecule has 8 nitrogen and oxygen atoms in total. The average molecular weight is 348 g/mol. The van der Waals surface area contributed by atoms with Crippen LogP contribution in [-0.2, 0) is 19.2 Å². The van der Waals surface area contributed by atoms with Gasteiger partial charge in [0.2, 0.25) is 12.2 Å². The summed E-state index contributed by atoms with van der Waals surface area (Å²) >= 11 is 0. The number of allylic oxidation sites excluding steroid dienone is 2. The minimum Gasteiger partial charge on any atom is -0.481 e. The van der Waals surface area contributed by atoms with Crippen LogP contribution in [0.2, 0.25) is 0 Å². The van der Waals surface area contributed by atoms with Crippen LogP contribution in [-0.4, -0.2) is 47.4 Å². The first-order valence-corrected chi connectivity index (χ1v) is 7.92. The smallest absolute Gasteiger partial charge is 0.311 e. The van der Waals surface area contributed by atoms with E-state index in [9.17, 15) is 29.4 Å². The third-order valence-electron chi connectivity index (χ3n) is 6.29. The second-order valence-electron chi connectivity index (χ2n) is 7.21. The number of carbonyl (C=O) groups excluding carboxylic acids is 2. The van der Waals surface area contributed by atoms with Crippen LogP contribution in [0.1, 0.15) is 33.1 Å². The maximum Gasteiger partial charge on any atom is 0.311 e. The van der Waals surface area contributed by atoms with Crippen molar-refractivity contribution < 1.29 is 29.4 Å². The van der Waals surface area contributed by atoms with Crippen molar-refractivity contribution in [3.8, 4) is 0 Å². The molecule has 0 amide bonds. The number of carboxylic acids is 2. The first kappa shape index (κ1) is 18.8. The normalized spacial score (nSPS) is 38.0. The summed E-state index contributed by atoms with van der Waals surface area (Å²) in [6.07, 6.45) is 6.36. The molecule has 25 heavy (non-hydrogen) atoms. The summed E-state index contributed by atoms with van der Waals surface area (Å²) in [5.41, 5.74) is -5.22. The molecule has 0 saturated heterocycles. The minimum atomic E-state index is -1.69. The van der Waals surface area contributed by atoms with E-state index in [1.165, 1.54) is 12.2 Å². The number of aliphatic carboxylic acids is 2. The van der Waals surface area contributed by atoms with Gasteiger partial charge in [0.15, 0.2) is 0 Å². The molecule has 0 heterocycles. The lowest BCUT2D eigenvalue weighted by molar-refractivity contribution is -0.186. The highest BCUT2D eigenvalue weighted by atomic mass is 16.4. The third kappa shape index (κ3) is 2.15. The molecular formula is C17H20N2O6. The van der Waals surface area contributed by atoms with Gasteiger partial charge in [-0.15, -0.1) is 0 Å². The van der Waals surface area contributed by atoms with Gasteiger partial charge in [-0.2, -0.15) is 0 Å². The summed E-state index contributed by atoms with van der Waals surface area (Å²) in [4.78, 5) is 52.7. The quantitative estimate of drug-likeness (QED) is 0.388. The Hall–Kier alpha value is -2.56. The summed E-state index contributed by atoms with van der Waals surface area (Å²) in [6, 6.07) is 0. The highest BCUT2D eigenvalue weighted by Crippen LogP contribution is 2.77. The molecule has 0 aromatic carbocycles. The molecule has 134 valence electrons. The fourth-order valence-corrected chi connectivity index (χ4v) is 5.41. The van der Waals surface area contributed by atoms with Crippen molar-refractivity contribution >= 4 is 24.1 Å². The zero-order chi connectivity index (χ0) is 18.9. The van der Waals surface area contributed by atoms with Crippen molar-refractivity contribution in [3.63, 3.8) is 0 Å². The second-order valence-corrected chi connectivity index (χ2v) is 7.21. The fraction of sp³-hybridized carbons (Fsp3) is 0.647. The number of nitrogens with zero attached hydrogens (tertiary/aromatic N) is 2. The number of rotatable bonds is 8. The summed E-state index contributed by atoms with van der Waals surface area (Å²) in [5, 5.41) is 20.3. The molecule has 4 atom stereocenters. The van der Waals surface area contributed by atoms with Gasteiger partial charge >= 0.3 is 11.9 Å². The largest absolute Gasteiger partial charge is 0.481 e. The highest BCUT2D eigenvalue weighted by Gasteiger charge is 2.81. The van der Waals surface area contributed by atoms with Crippen molar-refractivity contribution in [2.24, 2.45) is 31.6 Å². The molecule has 1 saturated carbocycles. The Bertz CT molecular complexity index is 675. The van der Waals surface area contributed by atoms with E-state index in [0.29, 0.717) is 6.42 Å². The molecule has 0 aromatic rings. The lowest BCUT2D eigenvalue weighted by Crippen LogP contribution is -2.60. The Balaban J connectivity index is 2.75. The van der Waals surface area contributed by atoms with Gasteiger partial charge in [0.05, 0.1) is 23.9 Å². The summed E-state index contributed by atoms with van der Waals surface area (Å²) in [6.45, 7) is 3.17. The topological polar surface area (TPSA) is 133 Å². The molecule has 0 aliphatic heterocycles. The average Bonchev–Trinajstić information content (AvgIpc) is 2.93. The molecule has 8 heteroatoms. The Labute approximate surface area is 144 Å². The summed E-state index contributed by atoms with van der Waals surface area (Å²) in [5.74, 6) is -2.50. The van der Waals surface area contributed by atoms with Crippen molar-refractivity contribution in [1.29, 1.82) is 0 Å². The van der Waals surface area contributed by atoms with E-state index in [2.05, 4.69) is 9.98 Å². The zero-order valence-electron chi connectivity index (χ0n) is 14.1. The van der Waals surface area contributed by atoms with E-state index in [-0.39, 0.29) is 25.9 Å². The Morgan fingerprint density at radius 2 is 1.28 bits per heavy atom. The van der Waals surface area contributed by atoms with Gasteiger partial charge in [-0.25, -0.2) is 19.6 Å². The molecule has 0 spiro atoms. The van der Waals surface area contributed by atoms with E-state index < -0.39 is 33.6 Å². The number of carbonyl (C=O) groups is 2. The molecule has 0 radical (unpaired) electrons. The van der Waals surface area contributed by atoms with Crippen LogP contribution >= 0.6 is 0 Å². The molecular weight excluding hydrogens is 328 g/mol. The first-order valence-electron chi connectivity index (χ1n) is 7.92. The van der Waals surface area contributed by atoms with Gasteiger partial charge in [0.1, 0.15) is 0 Å². The van der Waals surface area contributed by atoms with Crippen molar-refractivity contribution in [2.75, 3.05) is 13.1 Å². The number of hydrogen-bond donors (Lipinski definition) is 2. The molecule has 2 aliphatic rings. The number of isocyanates is 2. The predicted octanol–water partition coefficient (Wildman–Crippen LogP) is 1.57. The van der Waals surface area contributed by atoms with E-state index in [1.54, 1.807) is 26.0 Å². The first-order chi connectivity index (χ1) is 11.7. The monoisotopic (exact) mass is 348 g/mol. The second kappa shape index (κ2) is 6.06. The maximum absolute atomic E-state index is 12.5. The minimum absolute atomic E-state index is 0.120. The summed E-state index contributed by atoms with van der Waals surface area (Å²) < 4.78 is 0. The summed E-state index contributed by atoms with van der Waals surface area (Å²) in [7, 11) is 0. The van der Waals surface area contributed by atoms with Gasteiger partial charge < -0.3 is 10.2 Å². The maximum atomic E-state index is 12.5. The van der Waals surface area contributed by atoms with Crippen molar-refractivity contribution in [3.05, 3.63) is 12.2 Å². The standard InChI is InChI=1S/C17H20N2O6/c1-14-3-4-15(2,9-14)17(13(24)25,6-8-19-11-21)16(14,12(22)23)5-7-18-10-20/h3-4H,5-9H2,1-2H3,(H,22,23)(H,24,25). The van der Waals surface area contributed by atoms with Crippen LogP contribution < -0.4 is 0 Å². The van der Waals surface area contributed by atoms with Crippen LogP contribution in [0.25, 0.3) is 0 Å². The third-order valence-corrected chi connectivity index (χ3v) is 6.29. The van der Waals surface area contributed by atoms with Crippen LogP contribution in [0, 0.1) is 21.7 Å². The number of hydrogen-bond acceptors (Lipinski definition) is 6. The van der Waals surface area contributed by atoms with Crippen LogP contribution in [0.15, 0.2) is 22.1 Å². The predicted molar refractivity (Wildman–Crippen MR) is 85.3 cm³/mol. The molecule has 2 bridgehead atoms. The SMILES string of the molecule is CC12C=CC(C)(C1)C(CCN=C=O)(C(=O)O)C2(CCN=C=O)C(=O)O. The van der Waals surface area contributed by atoms with Gasteiger partial charge in [-0.1, -0.05) is 26.0 Å². The van der Waals surface area contributed by atoms with Crippen LogP contribution in [0.4, 0.5) is 0 Å². The molecule has 0 aromatic heterocycles. The van der Waals surface area contributed by atoms with Gasteiger partial charge in [-0.05, 0) is 19.3 Å². The van der Waals surface area contributed by atoms with Crippen molar-refractivity contribution in [1.82, 2.24) is 0 Å². The lowest BCUT2D eigenvalue weighted by Gasteiger charge is -2.52. The molecule has 4 unspecified atom stereocenters. The number of fused-ring (bicyclic) bond motifs is 2.